The second kappa shape index (κ2) is 4.90. The highest BCUT2D eigenvalue weighted by atomic mass is 16.7. The third-order valence-corrected chi connectivity index (χ3v) is 1.01. The molecular formula is C10H18O3. The van der Waals surface area contributed by atoms with Crippen molar-refractivity contribution in [2.45, 2.75) is 34.6 Å². The highest BCUT2D eigenvalue weighted by molar-refractivity contribution is 5.60. The molecule has 0 heterocycles. The zero-order valence-corrected chi connectivity index (χ0v) is 9.01. The average Bonchev–Trinajstić information content (AvgIpc) is 1.95. The minimum atomic E-state index is -0.642. The molecule has 0 aliphatic rings. The number of allylic oxidation sites excluding steroid dienone is 1. The third kappa shape index (κ3) is 8.92. The molecule has 0 saturated heterocycles. The molecule has 0 aliphatic heterocycles. The molecule has 76 valence electrons. The van der Waals surface area contributed by atoms with Crippen molar-refractivity contribution < 1.29 is 14.3 Å². The zero-order chi connectivity index (χ0) is 10.5. The third-order valence-electron chi connectivity index (χ3n) is 1.01. The summed E-state index contributed by atoms with van der Waals surface area (Å²) in [6.07, 6.45) is 0.737. The smallest absolute Gasteiger partial charge is 0.433 e. The molecule has 0 saturated carbocycles. The Hall–Kier alpha value is -0.990. The van der Waals surface area contributed by atoms with Crippen LogP contribution in [-0.4, -0.2) is 12.8 Å². The van der Waals surface area contributed by atoms with Crippen molar-refractivity contribution in [3.05, 3.63) is 11.8 Å². The van der Waals surface area contributed by atoms with Crippen LogP contribution in [0.5, 0.6) is 0 Å². The van der Waals surface area contributed by atoms with Crippen LogP contribution >= 0.6 is 0 Å². The summed E-state index contributed by atoms with van der Waals surface area (Å²) < 4.78 is 9.53. The molecule has 0 radical (unpaired) electrons. The van der Waals surface area contributed by atoms with Crippen LogP contribution in [0.25, 0.3) is 0 Å². The summed E-state index contributed by atoms with van der Waals surface area (Å²) in [7, 11) is 0. The molecule has 0 aromatic rings. The lowest BCUT2D eigenvalue weighted by Gasteiger charge is -2.16. The fraction of sp³-hybridized carbons (Fsp3) is 0.700. The van der Waals surface area contributed by atoms with E-state index in [1.807, 2.05) is 34.6 Å². The Morgan fingerprint density at radius 3 is 2.23 bits per heavy atom. The van der Waals surface area contributed by atoms with Gasteiger partial charge in [0, 0.05) is 0 Å². The van der Waals surface area contributed by atoms with Gasteiger partial charge < -0.3 is 9.47 Å². The lowest BCUT2D eigenvalue weighted by Crippen LogP contribution is -2.18. The number of ether oxygens (including phenoxy) is 2. The Kier molecular flexibility index (Phi) is 4.52. The first-order chi connectivity index (χ1) is 5.81. The van der Waals surface area contributed by atoms with Gasteiger partial charge in [-0.15, -0.1) is 0 Å². The minimum Gasteiger partial charge on any atom is -0.433 e. The van der Waals surface area contributed by atoms with E-state index in [9.17, 15) is 4.79 Å². The van der Waals surface area contributed by atoms with Crippen LogP contribution in [-0.2, 0) is 9.47 Å². The SMILES string of the molecule is CC(C)=COC(=O)OCC(C)(C)C. The Morgan fingerprint density at radius 1 is 1.31 bits per heavy atom. The summed E-state index contributed by atoms with van der Waals surface area (Å²) in [6.45, 7) is 10.0. The van der Waals surface area contributed by atoms with Crippen molar-refractivity contribution in [2.24, 2.45) is 5.41 Å². The molecule has 0 amide bonds. The fourth-order valence-electron chi connectivity index (χ4n) is 0.475. The van der Waals surface area contributed by atoms with Gasteiger partial charge in [0.25, 0.3) is 0 Å². The van der Waals surface area contributed by atoms with Gasteiger partial charge in [-0.1, -0.05) is 20.8 Å². The quantitative estimate of drug-likeness (QED) is 0.491. The van der Waals surface area contributed by atoms with Crippen molar-refractivity contribution >= 4 is 6.16 Å². The highest BCUT2D eigenvalue weighted by Gasteiger charge is 2.13. The molecule has 3 heteroatoms. The van der Waals surface area contributed by atoms with E-state index in [-0.39, 0.29) is 5.41 Å². The number of hydrogen-bond acceptors (Lipinski definition) is 3. The summed E-state index contributed by atoms with van der Waals surface area (Å²) in [4.78, 5) is 10.9. The second-order valence-corrected chi connectivity index (χ2v) is 4.41. The van der Waals surface area contributed by atoms with E-state index in [1.54, 1.807) is 0 Å². The lowest BCUT2D eigenvalue weighted by atomic mass is 9.99. The molecule has 13 heavy (non-hydrogen) atoms. The van der Waals surface area contributed by atoms with Crippen molar-refractivity contribution in [3.63, 3.8) is 0 Å². The Bertz CT molecular complexity index is 195. The summed E-state index contributed by atoms with van der Waals surface area (Å²) in [6, 6.07) is 0. The van der Waals surface area contributed by atoms with Crippen molar-refractivity contribution in [3.8, 4) is 0 Å². The van der Waals surface area contributed by atoms with Gasteiger partial charge in [-0.25, -0.2) is 4.79 Å². The van der Waals surface area contributed by atoms with Gasteiger partial charge >= 0.3 is 6.16 Å². The largest absolute Gasteiger partial charge is 0.513 e. The summed E-state index contributed by atoms with van der Waals surface area (Å²) in [5.74, 6) is 0. The summed E-state index contributed by atoms with van der Waals surface area (Å²) in [5.41, 5.74) is 0.900. The zero-order valence-electron chi connectivity index (χ0n) is 9.01. The van der Waals surface area contributed by atoms with E-state index < -0.39 is 6.16 Å². The van der Waals surface area contributed by atoms with Crippen LogP contribution in [0, 0.1) is 5.41 Å². The Labute approximate surface area is 79.7 Å². The van der Waals surface area contributed by atoms with Gasteiger partial charge in [0.1, 0.15) is 0 Å². The molecule has 0 rings (SSSR count). The predicted octanol–water partition coefficient (Wildman–Crippen LogP) is 3.11. The molecule has 0 aromatic heterocycles. The molecule has 3 nitrogen and oxygen atoms in total. The highest BCUT2D eigenvalue weighted by Crippen LogP contribution is 2.13. The van der Waals surface area contributed by atoms with E-state index in [2.05, 4.69) is 4.74 Å². The minimum absolute atomic E-state index is 0.0238. The number of hydrogen-bond donors (Lipinski definition) is 0. The topological polar surface area (TPSA) is 35.5 Å². The van der Waals surface area contributed by atoms with E-state index in [0.29, 0.717) is 6.61 Å². The first-order valence-corrected chi connectivity index (χ1v) is 4.28. The molecule has 0 spiro atoms. The first-order valence-electron chi connectivity index (χ1n) is 4.28. The van der Waals surface area contributed by atoms with E-state index in [4.69, 9.17) is 4.74 Å². The maximum Gasteiger partial charge on any atom is 0.513 e. The van der Waals surface area contributed by atoms with Gasteiger partial charge in [0.05, 0.1) is 12.9 Å². The summed E-state index contributed by atoms with van der Waals surface area (Å²) >= 11 is 0. The van der Waals surface area contributed by atoms with E-state index in [0.717, 1.165) is 5.57 Å². The van der Waals surface area contributed by atoms with Gasteiger partial charge in [-0.3, -0.25) is 0 Å². The van der Waals surface area contributed by atoms with E-state index >= 15 is 0 Å². The van der Waals surface area contributed by atoms with E-state index in [1.165, 1.54) is 6.26 Å². The number of carbonyl (C=O) groups is 1. The molecule has 0 atom stereocenters. The first kappa shape index (κ1) is 12.0. The van der Waals surface area contributed by atoms with Crippen LogP contribution in [0.4, 0.5) is 4.79 Å². The Balaban J connectivity index is 3.71. The maximum atomic E-state index is 10.9. The molecule has 0 N–H and O–H groups in total. The second-order valence-electron chi connectivity index (χ2n) is 4.41. The molecule has 0 unspecified atom stereocenters. The number of carbonyl (C=O) groups excluding carboxylic acids is 1. The summed E-state index contributed by atoms with van der Waals surface area (Å²) in [5, 5.41) is 0. The van der Waals surface area contributed by atoms with Gasteiger partial charge in [-0.2, -0.15) is 0 Å². The van der Waals surface area contributed by atoms with Crippen LogP contribution in [0.15, 0.2) is 11.8 Å². The molecular weight excluding hydrogens is 168 g/mol. The van der Waals surface area contributed by atoms with Crippen molar-refractivity contribution in [1.82, 2.24) is 0 Å². The van der Waals surface area contributed by atoms with Gasteiger partial charge in [0.15, 0.2) is 0 Å². The molecule has 0 aliphatic carbocycles. The monoisotopic (exact) mass is 186 g/mol. The normalized spacial score (nSPS) is 10.5. The van der Waals surface area contributed by atoms with Gasteiger partial charge in [-0.05, 0) is 24.8 Å². The molecule has 0 aromatic carbocycles. The number of rotatable bonds is 2. The average molecular weight is 186 g/mol. The van der Waals surface area contributed by atoms with Crippen LogP contribution < -0.4 is 0 Å². The lowest BCUT2D eigenvalue weighted by molar-refractivity contribution is 0.0565. The van der Waals surface area contributed by atoms with Crippen LogP contribution in [0.3, 0.4) is 0 Å². The van der Waals surface area contributed by atoms with Gasteiger partial charge in [0.2, 0.25) is 0 Å². The standard InChI is InChI=1S/C10H18O3/c1-8(2)6-12-9(11)13-7-10(3,4)5/h6H,7H2,1-5H3. The van der Waals surface area contributed by atoms with Crippen LogP contribution in [0.1, 0.15) is 34.6 Å². The van der Waals surface area contributed by atoms with Crippen LogP contribution in [0.2, 0.25) is 0 Å². The van der Waals surface area contributed by atoms with Crippen molar-refractivity contribution in [1.29, 1.82) is 0 Å². The molecule has 0 fully saturated rings. The predicted molar refractivity (Wildman–Crippen MR) is 51.3 cm³/mol. The Morgan fingerprint density at radius 2 is 1.85 bits per heavy atom. The van der Waals surface area contributed by atoms with Crippen molar-refractivity contribution in [2.75, 3.05) is 6.61 Å². The fourth-order valence-corrected chi connectivity index (χ4v) is 0.475. The molecule has 0 bridgehead atoms. The maximum absolute atomic E-state index is 10.9.